The fraction of sp³-hybridized carbons (Fsp3) is 0.444. The maximum atomic E-state index is 12.6. The van der Waals surface area contributed by atoms with Crippen LogP contribution in [0.5, 0.6) is 0 Å². The number of nitrogens with two attached hydrogens (primary N) is 1. The smallest absolute Gasteiger partial charge is 0.251 e. The van der Waals surface area contributed by atoms with Crippen LogP contribution in [0.1, 0.15) is 48.6 Å². The SMILES string of the molecule is CCn1c(SCC(N)=O)nnc1[C@@H](NC(=O)c1ccc(C)cc1)C(C)C. The van der Waals surface area contributed by atoms with Crippen molar-refractivity contribution in [1.82, 2.24) is 20.1 Å². The van der Waals surface area contributed by atoms with Gasteiger partial charge in [0, 0.05) is 12.1 Å². The summed E-state index contributed by atoms with van der Waals surface area (Å²) in [6, 6.07) is 7.14. The predicted octanol–water partition coefficient (Wildman–Crippen LogP) is 2.31. The Morgan fingerprint density at radius 1 is 1.23 bits per heavy atom. The molecule has 1 heterocycles. The molecular formula is C18H25N5O2S. The normalized spacial score (nSPS) is 12.2. The third-order valence-electron chi connectivity index (χ3n) is 3.95. The lowest BCUT2D eigenvalue weighted by molar-refractivity contribution is -0.115. The molecule has 0 bridgehead atoms. The zero-order valence-electron chi connectivity index (χ0n) is 15.5. The Balaban J connectivity index is 2.25. The summed E-state index contributed by atoms with van der Waals surface area (Å²) >= 11 is 1.25. The lowest BCUT2D eigenvalue weighted by Crippen LogP contribution is -2.33. The molecule has 8 heteroatoms. The Bertz CT molecular complexity index is 770. The molecule has 2 aromatic rings. The van der Waals surface area contributed by atoms with Gasteiger partial charge in [-0.05, 0) is 31.9 Å². The van der Waals surface area contributed by atoms with Crippen molar-refractivity contribution in [1.29, 1.82) is 0 Å². The molecule has 7 nitrogen and oxygen atoms in total. The van der Waals surface area contributed by atoms with Crippen LogP contribution in [0.3, 0.4) is 0 Å². The number of benzene rings is 1. The lowest BCUT2D eigenvalue weighted by atomic mass is 10.0. The first-order chi connectivity index (χ1) is 12.3. The molecule has 0 radical (unpaired) electrons. The Kier molecular flexibility index (Phi) is 6.79. The topological polar surface area (TPSA) is 103 Å². The van der Waals surface area contributed by atoms with Crippen LogP contribution >= 0.6 is 11.8 Å². The van der Waals surface area contributed by atoms with E-state index in [0.29, 0.717) is 23.1 Å². The van der Waals surface area contributed by atoms with Crippen LogP contribution in [0.25, 0.3) is 0 Å². The molecule has 0 spiro atoms. The van der Waals surface area contributed by atoms with Gasteiger partial charge < -0.3 is 15.6 Å². The van der Waals surface area contributed by atoms with Gasteiger partial charge in [-0.1, -0.05) is 43.3 Å². The van der Waals surface area contributed by atoms with Gasteiger partial charge in [0.15, 0.2) is 11.0 Å². The number of rotatable bonds is 8. The van der Waals surface area contributed by atoms with Crippen LogP contribution in [0.4, 0.5) is 0 Å². The average Bonchev–Trinajstić information content (AvgIpc) is 3.00. The number of nitrogens with one attached hydrogen (secondary N) is 1. The number of amides is 2. The molecule has 26 heavy (non-hydrogen) atoms. The van der Waals surface area contributed by atoms with E-state index in [0.717, 1.165) is 5.56 Å². The third kappa shape index (κ3) is 4.85. The summed E-state index contributed by atoms with van der Waals surface area (Å²) in [5.74, 6) is 0.374. The summed E-state index contributed by atoms with van der Waals surface area (Å²) in [5, 5.41) is 12.1. The van der Waals surface area contributed by atoms with E-state index in [1.165, 1.54) is 11.8 Å². The quantitative estimate of drug-likeness (QED) is 0.689. The van der Waals surface area contributed by atoms with E-state index in [4.69, 9.17) is 5.73 Å². The van der Waals surface area contributed by atoms with Crippen molar-refractivity contribution in [3.05, 3.63) is 41.2 Å². The van der Waals surface area contributed by atoms with E-state index in [1.807, 2.05) is 44.4 Å². The second-order valence-corrected chi connectivity index (χ2v) is 7.34. The molecule has 2 rings (SSSR count). The van der Waals surface area contributed by atoms with E-state index in [2.05, 4.69) is 15.5 Å². The van der Waals surface area contributed by atoms with Crippen LogP contribution < -0.4 is 11.1 Å². The van der Waals surface area contributed by atoms with Crippen LogP contribution in [-0.4, -0.2) is 32.3 Å². The van der Waals surface area contributed by atoms with Crippen molar-refractivity contribution in [3.8, 4) is 0 Å². The molecule has 1 atom stereocenters. The van der Waals surface area contributed by atoms with E-state index in [-0.39, 0.29) is 23.6 Å². The molecule has 1 aromatic heterocycles. The molecule has 0 unspecified atom stereocenters. The number of hydrogen-bond acceptors (Lipinski definition) is 5. The first kappa shape index (κ1) is 20.0. The van der Waals surface area contributed by atoms with Gasteiger partial charge >= 0.3 is 0 Å². The zero-order chi connectivity index (χ0) is 19.3. The Labute approximate surface area is 157 Å². The molecule has 3 N–H and O–H groups in total. The van der Waals surface area contributed by atoms with Crippen molar-refractivity contribution < 1.29 is 9.59 Å². The highest BCUT2D eigenvalue weighted by atomic mass is 32.2. The van der Waals surface area contributed by atoms with Crippen LogP contribution in [0.2, 0.25) is 0 Å². The number of primary amides is 1. The fourth-order valence-corrected chi connectivity index (χ4v) is 3.28. The molecule has 2 amide bonds. The highest BCUT2D eigenvalue weighted by molar-refractivity contribution is 7.99. The second kappa shape index (κ2) is 8.84. The minimum atomic E-state index is -0.407. The number of thioether (sulfide) groups is 1. The van der Waals surface area contributed by atoms with Crippen LogP contribution in [0.15, 0.2) is 29.4 Å². The average molecular weight is 375 g/mol. The van der Waals surface area contributed by atoms with E-state index < -0.39 is 5.91 Å². The second-order valence-electron chi connectivity index (χ2n) is 6.40. The summed E-state index contributed by atoms with van der Waals surface area (Å²) in [7, 11) is 0. The first-order valence-corrected chi connectivity index (χ1v) is 9.53. The zero-order valence-corrected chi connectivity index (χ0v) is 16.3. The number of aromatic nitrogens is 3. The van der Waals surface area contributed by atoms with Crippen molar-refractivity contribution >= 4 is 23.6 Å². The summed E-state index contributed by atoms with van der Waals surface area (Å²) in [6.45, 7) is 8.62. The Morgan fingerprint density at radius 3 is 2.42 bits per heavy atom. The van der Waals surface area contributed by atoms with Crippen molar-refractivity contribution in [2.45, 2.75) is 45.4 Å². The molecule has 1 aromatic carbocycles. The number of nitrogens with zero attached hydrogens (tertiary/aromatic N) is 3. The van der Waals surface area contributed by atoms with E-state index in [9.17, 15) is 9.59 Å². The van der Waals surface area contributed by atoms with Gasteiger partial charge in [-0.3, -0.25) is 9.59 Å². The molecule has 0 aliphatic heterocycles. The maximum absolute atomic E-state index is 12.6. The van der Waals surface area contributed by atoms with Gasteiger partial charge in [0.2, 0.25) is 5.91 Å². The summed E-state index contributed by atoms with van der Waals surface area (Å²) < 4.78 is 1.91. The Hall–Kier alpha value is -2.35. The highest BCUT2D eigenvalue weighted by Crippen LogP contribution is 2.25. The van der Waals surface area contributed by atoms with Gasteiger partial charge in [0.25, 0.3) is 5.91 Å². The number of carbonyl (C=O) groups is 2. The van der Waals surface area contributed by atoms with Crippen LogP contribution in [0, 0.1) is 12.8 Å². The molecule has 0 aliphatic carbocycles. The van der Waals surface area contributed by atoms with Crippen molar-refractivity contribution in [2.75, 3.05) is 5.75 Å². The molecule has 0 aliphatic rings. The van der Waals surface area contributed by atoms with E-state index >= 15 is 0 Å². The molecular weight excluding hydrogens is 350 g/mol. The van der Waals surface area contributed by atoms with Gasteiger partial charge in [-0.2, -0.15) is 0 Å². The molecule has 0 saturated heterocycles. The number of aryl methyl sites for hydroxylation is 1. The maximum Gasteiger partial charge on any atom is 0.251 e. The fourth-order valence-electron chi connectivity index (χ4n) is 2.53. The monoisotopic (exact) mass is 375 g/mol. The number of hydrogen-bond donors (Lipinski definition) is 2. The lowest BCUT2D eigenvalue weighted by Gasteiger charge is -2.22. The van der Waals surface area contributed by atoms with Gasteiger partial charge in [0.05, 0.1) is 11.8 Å². The van der Waals surface area contributed by atoms with Gasteiger partial charge in [-0.15, -0.1) is 10.2 Å². The van der Waals surface area contributed by atoms with Crippen molar-refractivity contribution in [2.24, 2.45) is 11.7 Å². The molecule has 0 saturated carbocycles. The predicted molar refractivity (Wildman–Crippen MR) is 102 cm³/mol. The molecule has 0 fully saturated rings. The number of carbonyl (C=O) groups excluding carboxylic acids is 2. The largest absolute Gasteiger partial charge is 0.369 e. The first-order valence-electron chi connectivity index (χ1n) is 8.55. The van der Waals surface area contributed by atoms with Gasteiger partial charge in [-0.25, -0.2) is 0 Å². The standard InChI is InChI=1S/C18H25N5O2S/c1-5-23-16(21-22-18(23)26-10-14(19)24)15(11(2)3)20-17(25)13-8-6-12(4)7-9-13/h6-9,11,15H,5,10H2,1-4H3,(H2,19,24)(H,20,25)/t15-/m0/s1. The highest BCUT2D eigenvalue weighted by Gasteiger charge is 2.26. The minimum Gasteiger partial charge on any atom is -0.369 e. The minimum absolute atomic E-state index is 0.118. The van der Waals surface area contributed by atoms with Crippen LogP contribution in [-0.2, 0) is 11.3 Å². The van der Waals surface area contributed by atoms with Gasteiger partial charge in [0.1, 0.15) is 0 Å². The Morgan fingerprint density at radius 2 is 1.88 bits per heavy atom. The third-order valence-corrected chi connectivity index (χ3v) is 4.94. The molecule has 140 valence electrons. The van der Waals surface area contributed by atoms with Crippen molar-refractivity contribution in [3.63, 3.8) is 0 Å². The summed E-state index contributed by atoms with van der Waals surface area (Å²) in [6.07, 6.45) is 0. The van der Waals surface area contributed by atoms with E-state index in [1.54, 1.807) is 12.1 Å². The summed E-state index contributed by atoms with van der Waals surface area (Å²) in [4.78, 5) is 23.7. The summed E-state index contributed by atoms with van der Waals surface area (Å²) in [5.41, 5.74) is 6.92.